The number of hydrogen-bond donors (Lipinski definition) is 2. The van der Waals surface area contributed by atoms with E-state index in [1.807, 2.05) is 0 Å². The molecule has 2 N–H and O–H groups in total. The summed E-state index contributed by atoms with van der Waals surface area (Å²) in [5.74, 6) is -5.35. The summed E-state index contributed by atoms with van der Waals surface area (Å²) in [6.07, 6.45) is -4.21. The maximum Gasteiger partial charge on any atom is 0.417 e. The van der Waals surface area contributed by atoms with E-state index in [1.54, 1.807) is 0 Å². The summed E-state index contributed by atoms with van der Waals surface area (Å²) in [6, 6.07) is 1.32. The fourth-order valence-electron chi connectivity index (χ4n) is 1.10. The van der Waals surface area contributed by atoms with Gasteiger partial charge < -0.3 is 10.2 Å². The quantitative estimate of drug-likeness (QED) is 0.789. The van der Waals surface area contributed by atoms with Gasteiger partial charge in [-0.05, 0) is 12.1 Å². The minimum absolute atomic E-state index is 0.397. The first-order valence-electron chi connectivity index (χ1n) is 4.22. The molecule has 1 aromatic rings. The van der Waals surface area contributed by atoms with Crippen molar-refractivity contribution in [1.82, 2.24) is 4.98 Å². The molecule has 0 unspecified atom stereocenters. The molecule has 8 heteroatoms. The van der Waals surface area contributed by atoms with E-state index in [0.717, 1.165) is 6.07 Å². The fraction of sp³-hybridized carbons (Fsp3) is 0.222. The Morgan fingerprint density at radius 2 is 1.71 bits per heavy atom. The second-order valence-electron chi connectivity index (χ2n) is 3.08. The fourth-order valence-corrected chi connectivity index (χ4v) is 1.10. The van der Waals surface area contributed by atoms with Crippen molar-refractivity contribution in [2.24, 2.45) is 0 Å². The van der Waals surface area contributed by atoms with Gasteiger partial charge in [-0.15, -0.1) is 0 Å². The topological polar surface area (TPSA) is 87.5 Å². The Balaban J connectivity index is 3.09. The van der Waals surface area contributed by atoms with Crippen LogP contribution in [0.15, 0.2) is 18.3 Å². The number of hydrogen-bond acceptors (Lipinski definition) is 3. The highest BCUT2D eigenvalue weighted by molar-refractivity contribution is 5.98. The van der Waals surface area contributed by atoms with Crippen molar-refractivity contribution in [1.29, 1.82) is 0 Å². The Kier molecular flexibility index (Phi) is 3.35. The van der Waals surface area contributed by atoms with Crippen LogP contribution in [0.4, 0.5) is 13.2 Å². The second kappa shape index (κ2) is 4.40. The van der Waals surface area contributed by atoms with Crippen LogP contribution in [0.2, 0.25) is 0 Å². The minimum Gasteiger partial charge on any atom is -0.480 e. The molecule has 0 saturated heterocycles. The minimum atomic E-state index is -4.60. The van der Waals surface area contributed by atoms with Gasteiger partial charge in [0.1, 0.15) is 0 Å². The van der Waals surface area contributed by atoms with Gasteiger partial charge in [0.15, 0.2) is 5.92 Å². The number of rotatable bonds is 3. The molecule has 0 fully saturated rings. The third-order valence-electron chi connectivity index (χ3n) is 1.90. The molecular formula is C9H6F3NO4. The molecule has 0 amide bonds. The molecule has 1 aromatic heterocycles. The first kappa shape index (κ1) is 12.9. The van der Waals surface area contributed by atoms with E-state index in [1.165, 1.54) is 0 Å². The van der Waals surface area contributed by atoms with E-state index in [4.69, 9.17) is 10.2 Å². The summed E-state index contributed by atoms with van der Waals surface area (Å²) in [5.41, 5.74) is -1.53. The lowest BCUT2D eigenvalue weighted by Gasteiger charge is -2.09. The molecule has 0 aliphatic rings. The van der Waals surface area contributed by atoms with Crippen molar-refractivity contribution < 1.29 is 33.0 Å². The molecule has 92 valence electrons. The molecule has 0 bridgehead atoms. The molecule has 0 atom stereocenters. The molecular weight excluding hydrogens is 243 g/mol. The lowest BCUT2D eigenvalue weighted by Crippen LogP contribution is -2.22. The molecule has 0 spiro atoms. The monoisotopic (exact) mass is 249 g/mol. The Labute approximate surface area is 92.5 Å². The molecule has 0 aliphatic heterocycles. The van der Waals surface area contributed by atoms with E-state index in [2.05, 4.69) is 4.98 Å². The average molecular weight is 249 g/mol. The zero-order chi connectivity index (χ0) is 13.2. The highest BCUT2D eigenvalue weighted by Crippen LogP contribution is 2.29. The Morgan fingerprint density at radius 3 is 2.00 bits per heavy atom. The largest absolute Gasteiger partial charge is 0.480 e. The number of alkyl halides is 3. The standard InChI is InChI=1S/C9H6F3NO4/c10-9(11,12)4-1-2-5(13-3-4)6(7(14)15)8(16)17/h1-3,6H,(H,14,15)(H,16,17). The number of nitrogens with zero attached hydrogens (tertiary/aromatic N) is 1. The molecule has 0 saturated carbocycles. The summed E-state index contributed by atoms with van der Waals surface area (Å²) >= 11 is 0. The SMILES string of the molecule is O=C(O)C(C(=O)O)c1ccc(C(F)(F)F)cn1. The van der Waals surface area contributed by atoms with Crippen LogP contribution < -0.4 is 0 Å². The first-order chi connectivity index (χ1) is 7.73. The van der Waals surface area contributed by atoms with Crippen molar-refractivity contribution in [3.8, 4) is 0 Å². The zero-order valence-corrected chi connectivity index (χ0v) is 8.10. The smallest absolute Gasteiger partial charge is 0.417 e. The van der Waals surface area contributed by atoms with E-state index in [-0.39, 0.29) is 0 Å². The predicted octanol–water partition coefficient (Wildman–Crippen LogP) is 1.35. The zero-order valence-electron chi connectivity index (χ0n) is 8.10. The molecule has 5 nitrogen and oxygen atoms in total. The van der Waals surface area contributed by atoms with Crippen LogP contribution in [-0.4, -0.2) is 27.1 Å². The summed E-state index contributed by atoms with van der Waals surface area (Å²) in [6.45, 7) is 0. The molecule has 1 heterocycles. The molecule has 0 radical (unpaired) electrons. The van der Waals surface area contributed by atoms with Gasteiger partial charge in [-0.25, -0.2) is 0 Å². The third kappa shape index (κ3) is 2.92. The van der Waals surface area contributed by atoms with Crippen molar-refractivity contribution in [3.63, 3.8) is 0 Å². The van der Waals surface area contributed by atoms with Gasteiger partial charge in [0.2, 0.25) is 0 Å². The summed E-state index contributed by atoms with van der Waals surface area (Å²) < 4.78 is 36.5. The Bertz CT molecular complexity index is 427. The van der Waals surface area contributed by atoms with E-state index < -0.39 is 35.3 Å². The average Bonchev–Trinajstić information content (AvgIpc) is 2.15. The van der Waals surface area contributed by atoms with Crippen LogP contribution in [0.5, 0.6) is 0 Å². The van der Waals surface area contributed by atoms with E-state index in [0.29, 0.717) is 12.3 Å². The lowest BCUT2D eigenvalue weighted by atomic mass is 10.0. The molecule has 17 heavy (non-hydrogen) atoms. The van der Waals surface area contributed by atoms with Gasteiger partial charge in [0.05, 0.1) is 11.3 Å². The molecule has 0 aromatic carbocycles. The molecule has 1 rings (SSSR count). The number of carbonyl (C=O) groups is 2. The summed E-state index contributed by atoms with van der Waals surface area (Å²) in [5, 5.41) is 17.2. The van der Waals surface area contributed by atoms with Gasteiger partial charge in [-0.3, -0.25) is 14.6 Å². The Morgan fingerprint density at radius 1 is 1.18 bits per heavy atom. The van der Waals surface area contributed by atoms with Crippen LogP contribution in [0.1, 0.15) is 17.2 Å². The maximum atomic E-state index is 12.2. The summed E-state index contributed by atoms with van der Waals surface area (Å²) in [4.78, 5) is 24.4. The van der Waals surface area contributed by atoms with Crippen LogP contribution in [-0.2, 0) is 15.8 Å². The number of carboxylic acids is 2. The van der Waals surface area contributed by atoms with E-state index >= 15 is 0 Å². The maximum absolute atomic E-state index is 12.2. The van der Waals surface area contributed by atoms with Gasteiger partial charge >= 0.3 is 18.1 Å². The summed E-state index contributed by atoms with van der Waals surface area (Å²) in [7, 11) is 0. The highest BCUT2D eigenvalue weighted by Gasteiger charge is 2.33. The third-order valence-corrected chi connectivity index (χ3v) is 1.90. The van der Waals surface area contributed by atoms with Crippen LogP contribution in [0, 0.1) is 0 Å². The van der Waals surface area contributed by atoms with Gasteiger partial charge in [0, 0.05) is 6.20 Å². The highest BCUT2D eigenvalue weighted by atomic mass is 19.4. The van der Waals surface area contributed by atoms with Gasteiger partial charge in [-0.2, -0.15) is 13.2 Å². The second-order valence-corrected chi connectivity index (χ2v) is 3.08. The normalized spacial score (nSPS) is 11.5. The Hall–Kier alpha value is -2.12. The first-order valence-corrected chi connectivity index (χ1v) is 4.22. The van der Waals surface area contributed by atoms with E-state index in [9.17, 15) is 22.8 Å². The van der Waals surface area contributed by atoms with Crippen molar-refractivity contribution in [3.05, 3.63) is 29.6 Å². The molecule has 0 aliphatic carbocycles. The van der Waals surface area contributed by atoms with Crippen LogP contribution in [0.25, 0.3) is 0 Å². The lowest BCUT2D eigenvalue weighted by molar-refractivity contribution is -0.150. The van der Waals surface area contributed by atoms with Crippen molar-refractivity contribution >= 4 is 11.9 Å². The van der Waals surface area contributed by atoms with Gasteiger partial charge in [0.25, 0.3) is 0 Å². The number of aromatic nitrogens is 1. The number of pyridine rings is 1. The van der Waals surface area contributed by atoms with Crippen molar-refractivity contribution in [2.75, 3.05) is 0 Å². The van der Waals surface area contributed by atoms with Gasteiger partial charge in [-0.1, -0.05) is 0 Å². The van der Waals surface area contributed by atoms with Crippen molar-refractivity contribution in [2.45, 2.75) is 12.1 Å². The number of halogens is 3. The number of aliphatic carboxylic acids is 2. The van der Waals surface area contributed by atoms with Crippen LogP contribution >= 0.6 is 0 Å². The predicted molar refractivity (Wildman–Crippen MR) is 47.3 cm³/mol. The number of carboxylic acid groups (broad SMARTS) is 2. The van der Waals surface area contributed by atoms with Crippen LogP contribution in [0.3, 0.4) is 0 Å².